The van der Waals surface area contributed by atoms with Crippen LogP contribution in [0.4, 0.5) is 5.69 Å². The molecule has 0 aliphatic rings. The van der Waals surface area contributed by atoms with Crippen molar-refractivity contribution in [1.82, 2.24) is 0 Å². The van der Waals surface area contributed by atoms with E-state index in [0.29, 0.717) is 11.6 Å². The second kappa shape index (κ2) is 6.07. The van der Waals surface area contributed by atoms with E-state index in [1.165, 1.54) is 5.56 Å². The molecule has 20 heavy (non-hydrogen) atoms. The summed E-state index contributed by atoms with van der Waals surface area (Å²) < 4.78 is 0. The molecule has 106 valence electrons. The molecule has 0 saturated heterocycles. The minimum Gasteiger partial charge on any atom is -0.381 e. The van der Waals surface area contributed by atoms with E-state index >= 15 is 0 Å². The first-order valence-electron chi connectivity index (χ1n) is 6.65. The molecule has 0 aliphatic heterocycles. The molecule has 0 bridgehead atoms. The van der Waals surface area contributed by atoms with Gasteiger partial charge in [-0.05, 0) is 40.8 Å². The van der Waals surface area contributed by atoms with Crippen molar-refractivity contribution in [3.63, 3.8) is 0 Å². The SMILES string of the molecule is CC(C)(C)c1ccccc1NCc1cc(Cl)ccc1Cl. The van der Waals surface area contributed by atoms with Gasteiger partial charge in [-0.15, -0.1) is 0 Å². The summed E-state index contributed by atoms with van der Waals surface area (Å²) in [6.07, 6.45) is 0. The van der Waals surface area contributed by atoms with E-state index in [1.54, 1.807) is 6.07 Å². The highest BCUT2D eigenvalue weighted by molar-refractivity contribution is 6.33. The number of anilines is 1. The van der Waals surface area contributed by atoms with Crippen molar-refractivity contribution < 1.29 is 0 Å². The molecule has 1 N–H and O–H groups in total. The van der Waals surface area contributed by atoms with Crippen molar-refractivity contribution in [2.24, 2.45) is 0 Å². The van der Waals surface area contributed by atoms with Crippen LogP contribution in [0.25, 0.3) is 0 Å². The molecule has 0 unspecified atom stereocenters. The van der Waals surface area contributed by atoms with Crippen molar-refractivity contribution in [2.45, 2.75) is 32.7 Å². The summed E-state index contributed by atoms with van der Waals surface area (Å²) in [5, 5.41) is 4.90. The average Bonchev–Trinajstić information content (AvgIpc) is 2.39. The van der Waals surface area contributed by atoms with Crippen LogP contribution in [0.15, 0.2) is 42.5 Å². The quantitative estimate of drug-likeness (QED) is 0.744. The predicted octanol–water partition coefficient (Wildman–Crippen LogP) is 5.90. The first-order chi connectivity index (χ1) is 9.38. The lowest BCUT2D eigenvalue weighted by Crippen LogP contribution is -2.14. The zero-order valence-corrected chi connectivity index (χ0v) is 13.5. The monoisotopic (exact) mass is 307 g/mol. The molecule has 2 rings (SSSR count). The third kappa shape index (κ3) is 3.68. The Labute approximate surface area is 130 Å². The van der Waals surface area contributed by atoms with Gasteiger partial charge in [0, 0.05) is 22.3 Å². The highest BCUT2D eigenvalue weighted by Gasteiger charge is 2.17. The van der Waals surface area contributed by atoms with E-state index in [2.05, 4.69) is 44.3 Å². The van der Waals surface area contributed by atoms with Gasteiger partial charge in [0.25, 0.3) is 0 Å². The summed E-state index contributed by atoms with van der Waals surface area (Å²) in [6.45, 7) is 7.28. The second-order valence-corrected chi connectivity index (χ2v) is 6.73. The topological polar surface area (TPSA) is 12.0 Å². The van der Waals surface area contributed by atoms with Gasteiger partial charge in [0.15, 0.2) is 0 Å². The molecule has 0 heterocycles. The molecule has 2 aromatic rings. The molecule has 2 aromatic carbocycles. The van der Waals surface area contributed by atoms with Gasteiger partial charge >= 0.3 is 0 Å². The highest BCUT2D eigenvalue weighted by Crippen LogP contribution is 2.30. The van der Waals surface area contributed by atoms with Crippen molar-refractivity contribution >= 4 is 28.9 Å². The zero-order chi connectivity index (χ0) is 14.8. The average molecular weight is 308 g/mol. The fourth-order valence-electron chi connectivity index (χ4n) is 2.16. The van der Waals surface area contributed by atoms with E-state index in [0.717, 1.165) is 16.3 Å². The van der Waals surface area contributed by atoms with E-state index in [4.69, 9.17) is 23.2 Å². The summed E-state index contributed by atoms with van der Waals surface area (Å²) in [5.74, 6) is 0. The third-order valence-corrected chi connectivity index (χ3v) is 3.82. The Morgan fingerprint density at radius 3 is 2.40 bits per heavy atom. The smallest absolute Gasteiger partial charge is 0.0456 e. The first kappa shape index (κ1) is 15.2. The number of hydrogen-bond acceptors (Lipinski definition) is 1. The maximum Gasteiger partial charge on any atom is 0.0456 e. The largest absolute Gasteiger partial charge is 0.381 e. The van der Waals surface area contributed by atoms with Crippen LogP contribution in [0.3, 0.4) is 0 Å². The summed E-state index contributed by atoms with van der Waals surface area (Å²) >= 11 is 12.2. The number of para-hydroxylation sites is 1. The molecule has 0 atom stereocenters. The van der Waals surface area contributed by atoms with Gasteiger partial charge in [-0.3, -0.25) is 0 Å². The van der Waals surface area contributed by atoms with Crippen LogP contribution < -0.4 is 5.32 Å². The van der Waals surface area contributed by atoms with Crippen molar-refractivity contribution in [1.29, 1.82) is 0 Å². The maximum absolute atomic E-state index is 6.19. The Balaban J connectivity index is 2.21. The Bertz CT molecular complexity index is 600. The molecule has 0 spiro atoms. The van der Waals surface area contributed by atoms with Gasteiger partial charge in [-0.25, -0.2) is 0 Å². The van der Waals surface area contributed by atoms with Crippen LogP contribution in [-0.4, -0.2) is 0 Å². The Kier molecular flexibility index (Phi) is 4.62. The van der Waals surface area contributed by atoms with Gasteiger partial charge in [0.05, 0.1) is 0 Å². The van der Waals surface area contributed by atoms with Gasteiger partial charge in [-0.2, -0.15) is 0 Å². The van der Waals surface area contributed by atoms with Crippen LogP contribution in [0, 0.1) is 0 Å². The van der Waals surface area contributed by atoms with Crippen molar-refractivity contribution in [2.75, 3.05) is 5.32 Å². The molecule has 1 nitrogen and oxygen atoms in total. The summed E-state index contributed by atoms with van der Waals surface area (Å²) in [4.78, 5) is 0. The maximum atomic E-state index is 6.19. The summed E-state index contributed by atoms with van der Waals surface area (Å²) in [7, 11) is 0. The standard InChI is InChI=1S/C17H19Cl2N/c1-17(2,3)14-6-4-5-7-16(14)20-11-12-10-13(18)8-9-15(12)19/h4-10,20H,11H2,1-3H3. The number of benzene rings is 2. The summed E-state index contributed by atoms with van der Waals surface area (Å²) in [6, 6.07) is 13.9. The predicted molar refractivity (Wildman–Crippen MR) is 88.9 cm³/mol. The molecule has 3 heteroatoms. The van der Waals surface area contributed by atoms with E-state index in [-0.39, 0.29) is 5.41 Å². The van der Waals surface area contributed by atoms with Crippen LogP contribution >= 0.6 is 23.2 Å². The second-order valence-electron chi connectivity index (χ2n) is 5.88. The van der Waals surface area contributed by atoms with Gasteiger partial charge in [0.2, 0.25) is 0 Å². The Morgan fingerprint density at radius 2 is 1.70 bits per heavy atom. The summed E-state index contributed by atoms with van der Waals surface area (Å²) in [5.41, 5.74) is 3.53. The molecular formula is C17H19Cl2N. The van der Waals surface area contributed by atoms with Crippen LogP contribution in [0.1, 0.15) is 31.9 Å². The van der Waals surface area contributed by atoms with E-state index < -0.39 is 0 Å². The van der Waals surface area contributed by atoms with Gasteiger partial charge in [-0.1, -0.05) is 62.2 Å². The molecule has 0 radical (unpaired) electrons. The number of halogens is 2. The van der Waals surface area contributed by atoms with Crippen molar-refractivity contribution in [3.05, 3.63) is 63.6 Å². The van der Waals surface area contributed by atoms with Crippen LogP contribution in [-0.2, 0) is 12.0 Å². The fraction of sp³-hybridized carbons (Fsp3) is 0.294. The lowest BCUT2D eigenvalue weighted by molar-refractivity contribution is 0.591. The number of nitrogens with one attached hydrogen (secondary N) is 1. The molecule has 0 amide bonds. The lowest BCUT2D eigenvalue weighted by atomic mass is 9.86. The zero-order valence-electron chi connectivity index (χ0n) is 12.0. The number of rotatable bonds is 3. The normalized spacial score (nSPS) is 11.4. The molecular weight excluding hydrogens is 289 g/mol. The van der Waals surface area contributed by atoms with Crippen molar-refractivity contribution in [3.8, 4) is 0 Å². The Hall–Kier alpha value is -1.18. The fourth-order valence-corrected chi connectivity index (χ4v) is 2.54. The minimum atomic E-state index is 0.0989. The molecule has 0 saturated carbocycles. The lowest BCUT2D eigenvalue weighted by Gasteiger charge is -2.23. The van der Waals surface area contributed by atoms with Crippen LogP contribution in [0.2, 0.25) is 10.0 Å². The third-order valence-electron chi connectivity index (χ3n) is 3.21. The highest BCUT2D eigenvalue weighted by atomic mass is 35.5. The Morgan fingerprint density at radius 1 is 1.00 bits per heavy atom. The first-order valence-corrected chi connectivity index (χ1v) is 7.41. The van der Waals surface area contributed by atoms with Crippen LogP contribution in [0.5, 0.6) is 0 Å². The van der Waals surface area contributed by atoms with E-state index in [9.17, 15) is 0 Å². The molecule has 0 aliphatic carbocycles. The van der Waals surface area contributed by atoms with Gasteiger partial charge < -0.3 is 5.32 Å². The van der Waals surface area contributed by atoms with E-state index in [1.807, 2.05) is 18.2 Å². The number of hydrogen-bond donors (Lipinski definition) is 1. The van der Waals surface area contributed by atoms with Gasteiger partial charge in [0.1, 0.15) is 0 Å². The molecule has 0 aromatic heterocycles. The molecule has 0 fully saturated rings. The minimum absolute atomic E-state index is 0.0989.